The van der Waals surface area contributed by atoms with Crippen LogP contribution in [0, 0.1) is 6.92 Å². The molecule has 0 aliphatic carbocycles. The van der Waals surface area contributed by atoms with Crippen LogP contribution in [-0.2, 0) is 0 Å². The molecule has 0 unspecified atom stereocenters. The Morgan fingerprint density at radius 1 is 1.25 bits per heavy atom. The highest BCUT2D eigenvalue weighted by molar-refractivity contribution is 6.30. The largest absolute Gasteiger partial charge is 0.441 e. The van der Waals surface area contributed by atoms with Crippen molar-refractivity contribution < 1.29 is 9.21 Å². The number of carbonyl (C=O) groups excluding carboxylic acids is 1. The maximum absolute atomic E-state index is 12.5. The zero-order valence-corrected chi connectivity index (χ0v) is 14.3. The summed E-state index contributed by atoms with van der Waals surface area (Å²) in [7, 11) is 0. The molecule has 6 nitrogen and oxygen atoms in total. The van der Waals surface area contributed by atoms with E-state index < -0.39 is 0 Å². The molecule has 2 heterocycles. The monoisotopic (exact) mass is 344 g/mol. The maximum atomic E-state index is 12.5. The number of aryl methyl sites for hydroxylation is 1. The highest BCUT2D eigenvalue weighted by Gasteiger charge is 2.19. The highest BCUT2D eigenvalue weighted by atomic mass is 35.5. The predicted molar refractivity (Wildman–Crippen MR) is 92.3 cm³/mol. The summed E-state index contributed by atoms with van der Waals surface area (Å²) in [5.74, 6) is 1.11. The summed E-state index contributed by atoms with van der Waals surface area (Å²) in [6.07, 6.45) is 1.64. The number of carbonyl (C=O) groups is 1. The Morgan fingerprint density at radius 3 is 2.62 bits per heavy atom. The van der Waals surface area contributed by atoms with Crippen molar-refractivity contribution in [1.82, 2.24) is 14.8 Å². The molecule has 0 fully saturated rings. The number of benzene rings is 1. The molecule has 24 heavy (non-hydrogen) atoms. The minimum Gasteiger partial charge on any atom is -0.441 e. The fourth-order valence-corrected chi connectivity index (χ4v) is 2.45. The fraction of sp³-hybridized carbons (Fsp3) is 0.235. The number of hydrogen-bond acceptors (Lipinski definition) is 4. The molecule has 0 aliphatic heterocycles. The Morgan fingerprint density at radius 2 is 1.96 bits per heavy atom. The van der Waals surface area contributed by atoms with Gasteiger partial charge in [0.2, 0.25) is 5.89 Å². The molecule has 1 aromatic carbocycles. The van der Waals surface area contributed by atoms with Crippen LogP contribution in [0.4, 0.5) is 5.82 Å². The molecular formula is C17H17ClN4O2. The van der Waals surface area contributed by atoms with E-state index in [1.54, 1.807) is 48.1 Å². The molecular weight excluding hydrogens is 328 g/mol. The Kier molecular flexibility index (Phi) is 4.40. The van der Waals surface area contributed by atoms with E-state index in [1.807, 2.05) is 13.8 Å². The topological polar surface area (TPSA) is 73.0 Å². The number of anilines is 1. The number of rotatable bonds is 4. The summed E-state index contributed by atoms with van der Waals surface area (Å²) >= 11 is 5.88. The van der Waals surface area contributed by atoms with Gasteiger partial charge in [-0.15, -0.1) is 0 Å². The van der Waals surface area contributed by atoms with Gasteiger partial charge in [0.15, 0.2) is 5.69 Å². The lowest BCUT2D eigenvalue weighted by Crippen LogP contribution is -2.17. The second kappa shape index (κ2) is 6.49. The molecule has 3 aromatic rings. The smallest absolute Gasteiger partial charge is 0.279 e. The van der Waals surface area contributed by atoms with Crippen LogP contribution in [-0.4, -0.2) is 20.7 Å². The third-order valence-electron chi connectivity index (χ3n) is 3.50. The van der Waals surface area contributed by atoms with Crippen LogP contribution in [0.1, 0.15) is 36.1 Å². The SMILES string of the molecule is Cc1oc(-c2ccc(Cl)cc2)nc1C(=O)Nc1ccnn1C(C)C. The van der Waals surface area contributed by atoms with E-state index in [4.69, 9.17) is 16.0 Å². The van der Waals surface area contributed by atoms with Crippen LogP contribution < -0.4 is 5.32 Å². The predicted octanol–water partition coefficient (Wildman–Crippen LogP) is 4.33. The van der Waals surface area contributed by atoms with Gasteiger partial charge >= 0.3 is 0 Å². The lowest BCUT2D eigenvalue weighted by atomic mass is 10.2. The van der Waals surface area contributed by atoms with E-state index >= 15 is 0 Å². The quantitative estimate of drug-likeness (QED) is 0.764. The van der Waals surface area contributed by atoms with Crippen molar-refractivity contribution in [2.75, 3.05) is 5.32 Å². The first-order valence-corrected chi connectivity index (χ1v) is 7.91. The molecule has 0 radical (unpaired) electrons. The molecule has 0 bridgehead atoms. The van der Waals surface area contributed by atoms with E-state index in [-0.39, 0.29) is 17.6 Å². The molecule has 0 aliphatic rings. The number of aromatic nitrogens is 3. The lowest BCUT2D eigenvalue weighted by Gasteiger charge is -2.10. The number of amides is 1. The van der Waals surface area contributed by atoms with Crippen molar-refractivity contribution >= 4 is 23.3 Å². The molecule has 3 rings (SSSR count). The molecule has 1 amide bonds. The third kappa shape index (κ3) is 3.19. The average molecular weight is 345 g/mol. The molecule has 7 heteroatoms. The van der Waals surface area contributed by atoms with Crippen molar-refractivity contribution in [2.45, 2.75) is 26.8 Å². The van der Waals surface area contributed by atoms with Crippen LogP contribution in [0.25, 0.3) is 11.5 Å². The van der Waals surface area contributed by atoms with Crippen molar-refractivity contribution in [3.05, 3.63) is 53.0 Å². The summed E-state index contributed by atoms with van der Waals surface area (Å²) in [6.45, 7) is 5.69. The van der Waals surface area contributed by atoms with Crippen LogP contribution >= 0.6 is 11.6 Å². The van der Waals surface area contributed by atoms with Gasteiger partial charge in [-0.3, -0.25) is 4.79 Å². The maximum Gasteiger partial charge on any atom is 0.279 e. The van der Waals surface area contributed by atoms with Crippen molar-refractivity contribution in [2.24, 2.45) is 0 Å². The summed E-state index contributed by atoms with van der Waals surface area (Å²) in [6, 6.07) is 8.97. The molecule has 124 valence electrons. The lowest BCUT2D eigenvalue weighted by molar-refractivity contribution is 0.102. The third-order valence-corrected chi connectivity index (χ3v) is 3.76. The zero-order chi connectivity index (χ0) is 17.3. The zero-order valence-electron chi connectivity index (χ0n) is 13.6. The molecule has 1 N–H and O–H groups in total. The van der Waals surface area contributed by atoms with E-state index in [0.29, 0.717) is 22.5 Å². The van der Waals surface area contributed by atoms with E-state index in [2.05, 4.69) is 15.4 Å². The standard InChI is InChI=1S/C17H17ClN4O2/c1-10(2)22-14(8-9-19-22)20-16(23)15-11(3)24-17(21-15)12-4-6-13(18)7-5-12/h4-10H,1-3H3,(H,20,23). The van der Waals surface area contributed by atoms with Gasteiger partial charge < -0.3 is 9.73 Å². The molecule has 0 spiro atoms. The van der Waals surface area contributed by atoms with Gasteiger partial charge in [-0.2, -0.15) is 5.10 Å². The van der Waals surface area contributed by atoms with Crippen LogP contribution in [0.3, 0.4) is 0 Å². The molecule has 2 aromatic heterocycles. The van der Waals surface area contributed by atoms with Gasteiger partial charge in [-0.25, -0.2) is 9.67 Å². The molecule has 0 saturated carbocycles. The Bertz CT molecular complexity index is 865. The minimum absolute atomic E-state index is 0.137. The molecule has 0 atom stereocenters. The van der Waals surface area contributed by atoms with Crippen LogP contribution in [0.15, 0.2) is 40.9 Å². The van der Waals surface area contributed by atoms with E-state index in [1.165, 1.54) is 0 Å². The highest BCUT2D eigenvalue weighted by Crippen LogP contribution is 2.24. The van der Waals surface area contributed by atoms with Crippen molar-refractivity contribution in [1.29, 1.82) is 0 Å². The van der Waals surface area contributed by atoms with Crippen molar-refractivity contribution in [3.8, 4) is 11.5 Å². The Balaban J connectivity index is 1.85. The Labute approximate surface area is 144 Å². The van der Waals surface area contributed by atoms with Crippen LogP contribution in [0.5, 0.6) is 0 Å². The first kappa shape index (κ1) is 16.3. The second-order valence-corrected chi connectivity index (χ2v) is 6.08. The number of oxazole rings is 1. The summed E-state index contributed by atoms with van der Waals surface area (Å²) in [5, 5.41) is 7.64. The van der Waals surface area contributed by atoms with E-state index in [0.717, 1.165) is 5.56 Å². The second-order valence-electron chi connectivity index (χ2n) is 5.64. The number of halogens is 1. The number of hydrogen-bond donors (Lipinski definition) is 1. The van der Waals surface area contributed by atoms with Gasteiger partial charge in [0, 0.05) is 22.7 Å². The van der Waals surface area contributed by atoms with Gasteiger partial charge in [0.25, 0.3) is 5.91 Å². The average Bonchev–Trinajstić information content (AvgIpc) is 3.14. The van der Waals surface area contributed by atoms with Crippen molar-refractivity contribution in [3.63, 3.8) is 0 Å². The number of nitrogens with zero attached hydrogens (tertiary/aromatic N) is 3. The van der Waals surface area contributed by atoms with Gasteiger partial charge in [-0.05, 0) is 45.0 Å². The minimum atomic E-state index is -0.334. The summed E-state index contributed by atoms with van der Waals surface area (Å²) in [4.78, 5) is 16.8. The van der Waals surface area contributed by atoms with E-state index in [9.17, 15) is 4.79 Å². The van der Waals surface area contributed by atoms with Gasteiger partial charge in [-0.1, -0.05) is 11.6 Å². The fourth-order valence-electron chi connectivity index (χ4n) is 2.32. The van der Waals surface area contributed by atoms with Gasteiger partial charge in [0.1, 0.15) is 11.6 Å². The van der Waals surface area contributed by atoms with Crippen LogP contribution in [0.2, 0.25) is 5.02 Å². The Hall–Kier alpha value is -2.60. The first-order valence-electron chi connectivity index (χ1n) is 7.54. The molecule has 0 saturated heterocycles. The normalized spacial score (nSPS) is 11.0. The first-order chi connectivity index (χ1) is 11.5. The van der Waals surface area contributed by atoms with Gasteiger partial charge in [0.05, 0.1) is 6.20 Å². The summed E-state index contributed by atoms with van der Waals surface area (Å²) < 4.78 is 7.35. The number of nitrogens with one attached hydrogen (secondary N) is 1. The summed E-state index contributed by atoms with van der Waals surface area (Å²) in [5.41, 5.74) is 1.00.